The van der Waals surface area contributed by atoms with Crippen molar-refractivity contribution >= 4 is 17.3 Å². The van der Waals surface area contributed by atoms with Crippen molar-refractivity contribution < 1.29 is 19.2 Å². The molecule has 0 aromatic heterocycles. The van der Waals surface area contributed by atoms with E-state index in [-0.39, 0.29) is 41.1 Å². The average Bonchev–Trinajstić information content (AvgIpc) is 3.42. The predicted octanol–water partition coefficient (Wildman–Crippen LogP) is 3.19. The summed E-state index contributed by atoms with van der Waals surface area (Å²) in [5.74, 6) is -0.0758. The van der Waals surface area contributed by atoms with E-state index in [2.05, 4.69) is 4.90 Å². The third-order valence-electron chi connectivity index (χ3n) is 5.04. The van der Waals surface area contributed by atoms with Crippen LogP contribution in [0.25, 0.3) is 0 Å². The summed E-state index contributed by atoms with van der Waals surface area (Å²) >= 11 is 0. The molecule has 1 saturated carbocycles. The van der Waals surface area contributed by atoms with Crippen molar-refractivity contribution in [2.24, 2.45) is 0 Å². The van der Waals surface area contributed by atoms with Crippen molar-refractivity contribution in [3.8, 4) is 0 Å². The van der Waals surface area contributed by atoms with Gasteiger partial charge in [-0.05, 0) is 50.7 Å². The van der Waals surface area contributed by atoms with Crippen molar-refractivity contribution in [3.63, 3.8) is 0 Å². The van der Waals surface area contributed by atoms with Crippen molar-refractivity contribution in [3.05, 3.63) is 33.4 Å². The van der Waals surface area contributed by atoms with Crippen molar-refractivity contribution in [2.75, 3.05) is 25.1 Å². The lowest BCUT2D eigenvalue weighted by Gasteiger charge is -2.36. The molecule has 0 radical (unpaired) electrons. The molecule has 1 heterocycles. The van der Waals surface area contributed by atoms with E-state index in [9.17, 15) is 14.9 Å². The van der Waals surface area contributed by atoms with Crippen molar-refractivity contribution in [1.82, 2.24) is 0 Å². The Morgan fingerprint density at radius 3 is 2.50 bits per heavy atom. The number of carbonyl (C=O) groups is 1. The van der Waals surface area contributed by atoms with Gasteiger partial charge in [-0.2, -0.15) is 0 Å². The van der Waals surface area contributed by atoms with Gasteiger partial charge in [0, 0.05) is 25.1 Å². The molecule has 0 amide bonds. The molecule has 26 heavy (non-hydrogen) atoms. The number of nitrogens with zero attached hydrogens (tertiary/aromatic N) is 2. The fraction of sp³-hybridized carbons (Fsp3) is 0.632. The molecular formula is C19H26N2O5. The molecule has 7 nitrogen and oxygen atoms in total. The smallest absolute Gasteiger partial charge is 0.305 e. The van der Waals surface area contributed by atoms with Crippen LogP contribution < -0.4 is 4.90 Å². The zero-order valence-electron chi connectivity index (χ0n) is 15.6. The third kappa shape index (κ3) is 3.98. The number of carbonyl (C=O) groups excluding carboxylic acids is 1. The standard InChI is InChI=1S/C19H26N2O5/c1-12-10-20(11-13(2)26-12)16-8-6-15(7-9-17(22)25-3)18(14-4-5-14)19(16)21(23)24/h6,8,12-14H,4-5,7,9-11H2,1-3H3/t12-,13+. The first-order valence-corrected chi connectivity index (χ1v) is 9.18. The highest BCUT2D eigenvalue weighted by atomic mass is 16.6. The largest absolute Gasteiger partial charge is 0.469 e. The Labute approximate surface area is 153 Å². The summed E-state index contributed by atoms with van der Waals surface area (Å²) in [5.41, 5.74) is 2.57. The molecule has 0 spiro atoms. The SMILES string of the molecule is COC(=O)CCc1ccc(N2C[C@@H](C)O[C@@H](C)C2)c([N+](=O)[O-])c1C1CC1. The molecule has 2 fully saturated rings. The summed E-state index contributed by atoms with van der Waals surface area (Å²) in [5, 5.41) is 12.0. The summed E-state index contributed by atoms with van der Waals surface area (Å²) in [7, 11) is 1.36. The minimum absolute atomic E-state index is 0.0294. The summed E-state index contributed by atoms with van der Waals surface area (Å²) in [6, 6.07) is 3.78. The van der Waals surface area contributed by atoms with E-state index >= 15 is 0 Å². The number of nitro benzene ring substituents is 1. The highest BCUT2D eigenvalue weighted by molar-refractivity contribution is 5.72. The molecule has 0 N–H and O–H groups in total. The van der Waals surface area contributed by atoms with Gasteiger partial charge in [0.25, 0.3) is 5.69 Å². The summed E-state index contributed by atoms with van der Waals surface area (Å²) < 4.78 is 10.5. The van der Waals surface area contributed by atoms with Crippen LogP contribution in [-0.4, -0.2) is 43.3 Å². The summed E-state index contributed by atoms with van der Waals surface area (Å²) in [6.07, 6.45) is 2.69. The highest BCUT2D eigenvalue weighted by Crippen LogP contribution is 2.49. The van der Waals surface area contributed by atoms with Gasteiger partial charge in [0.2, 0.25) is 0 Å². The Hall–Kier alpha value is -2.15. The van der Waals surface area contributed by atoms with Crippen molar-refractivity contribution in [1.29, 1.82) is 0 Å². The number of aryl methyl sites for hydroxylation is 1. The first kappa shape index (κ1) is 18.6. The second kappa shape index (κ2) is 7.61. The number of morpholine rings is 1. The number of esters is 1. The summed E-state index contributed by atoms with van der Waals surface area (Å²) in [4.78, 5) is 25.3. The number of rotatable bonds is 6. The Balaban J connectivity index is 1.99. The van der Waals surface area contributed by atoms with Crippen LogP contribution in [0.3, 0.4) is 0 Å². The molecule has 1 aromatic carbocycles. The molecule has 0 bridgehead atoms. The number of benzene rings is 1. The Morgan fingerprint density at radius 2 is 1.96 bits per heavy atom. The van der Waals surface area contributed by atoms with Crippen LogP contribution in [0.5, 0.6) is 0 Å². The van der Waals surface area contributed by atoms with Crippen LogP contribution in [0.15, 0.2) is 12.1 Å². The number of hydrogen-bond donors (Lipinski definition) is 0. The second-order valence-electron chi connectivity index (χ2n) is 7.28. The van der Waals surface area contributed by atoms with Crippen LogP contribution in [0, 0.1) is 10.1 Å². The topological polar surface area (TPSA) is 81.9 Å². The van der Waals surface area contributed by atoms with Gasteiger partial charge in [0.15, 0.2) is 0 Å². The third-order valence-corrected chi connectivity index (χ3v) is 5.04. The van der Waals surface area contributed by atoms with Gasteiger partial charge in [0.05, 0.1) is 24.2 Å². The van der Waals surface area contributed by atoms with Crippen LogP contribution in [-0.2, 0) is 20.7 Å². The van der Waals surface area contributed by atoms with Gasteiger partial charge in [-0.3, -0.25) is 14.9 Å². The monoisotopic (exact) mass is 362 g/mol. The molecule has 7 heteroatoms. The van der Waals surface area contributed by atoms with Gasteiger partial charge in [0.1, 0.15) is 5.69 Å². The van der Waals surface area contributed by atoms with E-state index in [0.29, 0.717) is 25.2 Å². The van der Waals surface area contributed by atoms with Gasteiger partial charge in [-0.25, -0.2) is 0 Å². The molecular weight excluding hydrogens is 336 g/mol. The van der Waals surface area contributed by atoms with Gasteiger partial charge < -0.3 is 14.4 Å². The molecule has 1 aromatic rings. The number of methoxy groups -OCH3 is 1. The van der Waals surface area contributed by atoms with Crippen molar-refractivity contribution in [2.45, 2.75) is 57.7 Å². The van der Waals surface area contributed by atoms with Crippen LogP contribution in [0.4, 0.5) is 11.4 Å². The van der Waals surface area contributed by atoms with E-state index in [1.54, 1.807) is 0 Å². The first-order chi connectivity index (χ1) is 12.4. The van der Waals surface area contributed by atoms with E-state index in [1.807, 2.05) is 26.0 Å². The molecule has 1 aliphatic heterocycles. The van der Waals surface area contributed by atoms with Crippen LogP contribution >= 0.6 is 0 Å². The number of nitro groups is 1. The minimum Gasteiger partial charge on any atom is -0.469 e. The Kier molecular flexibility index (Phi) is 5.46. The van der Waals surface area contributed by atoms with Crippen LogP contribution in [0.1, 0.15) is 50.2 Å². The molecule has 1 saturated heterocycles. The van der Waals surface area contributed by atoms with E-state index < -0.39 is 0 Å². The molecule has 2 atom stereocenters. The highest BCUT2D eigenvalue weighted by Gasteiger charge is 2.37. The number of hydrogen-bond acceptors (Lipinski definition) is 6. The first-order valence-electron chi connectivity index (χ1n) is 9.18. The van der Waals surface area contributed by atoms with Gasteiger partial charge >= 0.3 is 5.97 Å². The Bertz CT molecular complexity index is 691. The van der Waals surface area contributed by atoms with E-state index in [1.165, 1.54) is 7.11 Å². The molecule has 2 aliphatic rings. The molecule has 1 aliphatic carbocycles. The fourth-order valence-electron chi connectivity index (χ4n) is 3.84. The lowest BCUT2D eigenvalue weighted by atomic mass is 9.95. The van der Waals surface area contributed by atoms with Crippen LogP contribution in [0.2, 0.25) is 0 Å². The maximum atomic E-state index is 12.0. The average molecular weight is 362 g/mol. The van der Waals surface area contributed by atoms with Gasteiger partial charge in [-0.15, -0.1) is 0 Å². The maximum absolute atomic E-state index is 12.0. The quantitative estimate of drug-likeness (QED) is 0.439. The summed E-state index contributed by atoms with van der Waals surface area (Å²) in [6.45, 7) is 5.25. The lowest BCUT2D eigenvalue weighted by Crippen LogP contribution is -2.45. The number of anilines is 1. The zero-order chi connectivity index (χ0) is 18.8. The molecule has 142 valence electrons. The van der Waals surface area contributed by atoms with E-state index in [0.717, 1.165) is 24.0 Å². The maximum Gasteiger partial charge on any atom is 0.305 e. The second-order valence-corrected chi connectivity index (χ2v) is 7.28. The predicted molar refractivity (Wildman–Crippen MR) is 97.6 cm³/mol. The van der Waals surface area contributed by atoms with E-state index in [4.69, 9.17) is 9.47 Å². The Morgan fingerprint density at radius 1 is 1.31 bits per heavy atom. The number of ether oxygens (including phenoxy) is 2. The van der Waals surface area contributed by atoms with Gasteiger partial charge in [-0.1, -0.05) is 6.07 Å². The molecule has 0 unspecified atom stereocenters. The molecule has 3 rings (SSSR count). The minimum atomic E-state index is -0.297. The normalized spacial score (nSPS) is 23.0. The fourth-order valence-corrected chi connectivity index (χ4v) is 3.84. The zero-order valence-corrected chi connectivity index (χ0v) is 15.6. The lowest BCUT2D eigenvalue weighted by molar-refractivity contribution is -0.384.